The van der Waals surface area contributed by atoms with E-state index in [1.54, 1.807) is 11.8 Å². The van der Waals surface area contributed by atoms with Crippen molar-refractivity contribution in [3.8, 4) is 6.07 Å². The predicted molar refractivity (Wildman–Crippen MR) is 74.7 cm³/mol. The third-order valence-corrected chi connectivity index (χ3v) is 6.22. The van der Waals surface area contributed by atoms with Crippen LogP contribution in [-0.2, 0) is 5.54 Å². The highest BCUT2D eigenvalue weighted by Crippen LogP contribution is 2.59. The number of nitrogens with zero attached hydrogens (tertiary/aromatic N) is 3. The van der Waals surface area contributed by atoms with E-state index in [0.29, 0.717) is 11.3 Å². The van der Waals surface area contributed by atoms with E-state index in [0.717, 1.165) is 22.9 Å². The molecule has 4 fully saturated rings. The monoisotopic (exact) mass is 273 g/mol. The van der Waals surface area contributed by atoms with Crippen molar-refractivity contribution in [1.29, 1.82) is 5.26 Å². The van der Waals surface area contributed by atoms with Gasteiger partial charge in [-0.2, -0.15) is 5.26 Å². The van der Waals surface area contributed by atoms with Crippen molar-refractivity contribution >= 4 is 11.8 Å². The normalized spacial score (nSPS) is 39.4. The van der Waals surface area contributed by atoms with Gasteiger partial charge in [-0.25, -0.2) is 4.98 Å². The Morgan fingerprint density at radius 3 is 2.47 bits per heavy atom. The molecule has 19 heavy (non-hydrogen) atoms. The number of imidazole rings is 1. The molecule has 4 aliphatic rings. The van der Waals surface area contributed by atoms with Crippen LogP contribution in [0.1, 0.15) is 38.5 Å². The quantitative estimate of drug-likeness (QED) is 0.792. The molecule has 0 spiro atoms. The molecule has 0 N–H and O–H groups in total. The Labute approximate surface area is 118 Å². The molecule has 1 heterocycles. The van der Waals surface area contributed by atoms with E-state index < -0.39 is 0 Å². The van der Waals surface area contributed by atoms with Crippen molar-refractivity contribution in [3.63, 3.8) is 0 Å². The Morgan fingerprint density at radius 2 is 1.89 bits per heavy atom. The van der Waals surface area contributed by atoms with Gasteiger partial charge in [0.1, 0.15) is 0 Å². The molecule has 0 radical (unpaired) electrons. The topological polar surface area (TPSA) is 41.6 Å². The Balaban J connectivity index is 1.68. The molecule has 0 saturated heterocycles. The summed E-state index contributed by atoms with van der Waals surface area (Å²) in [4.78, 5) is 4.49. The smallest absolute Gasteiger partial charge is 0.169 e. The maximum absolute atomic E-state index is 8.78. The van der Waals surface area contributed by atoms with E-state index in [1.165, 1.54) is 38.5 Å². The number of rotatable bonds is 3. The Hall–Kier alpha value is -0.950. The van der Waals surface area contributed by atoms with Gasteiger partial charge in [0.15, 0.2) is 5.16 Å². The van der Waals surface area contributed by atoms with Crippen LogP contribution in [0.3, 0.4) is 0 Å². The van der Waals surface area contributed by atoms with Gasteiger partial charge in [0.05, 0.1) is 11.8 Å². The van der Waals surface area contributed by atoms with Crippen molar-refractivity contribution in [2.24, 2.45) is 17.8 Å². The van der Waals surface area contributed by atoms with Crippen LogP contribution in [0.15, 0.2) is 17.6 Å². The summed E-state index contributed by atoms with van der Waals surface area (Å²) in [5.41, 5.74) is 0.336. The Bertz CT molecular complexity index is 492. The van der Waals surface area contributed by atoms with Crippen molar-refractivity contribution in [3.05, 3.63) is 12.4 Å². The lowest BCUT2D eigenvalue weighted by Crippen LogP contribution is -2.51. The van der Waals surface area contributed by atoms with Crippen LogP contribution in [-0.4, -0.2) is 15.3 Å². The van der Waals surface area contributed by atoms with Crippen LogP contribution < -0.4 is 0 Å². The summed E-state index contributed by atoms with van der Waals surface area (Å²) in [6, 6.07) is 2.22. The Morgan fingerprint density at radius 1 is 1.26 bits per heavy atom. The summed E-state index contributed by atoms with van der Waals surface area (Å²) < 4.78 is 2.43. The first-order chi connectivity index (χ1) is 9.29. The molecule has 0 aliphatic heterocycles. The Kier molecular flexibility index (Phi) is 2.66. The molecular formula is C15H19N3S. The van der Waals surface area contributed by atoms with Crippen molar-refractivity contribution in [2.45, 2.75) is 49.2 Å². The van der Waals surface area contributed by atoms with E-state index in [1.807, 2.05) is 6.20 Å². The SMILES string of the molecule is N#CCSc1nccn1C12CC3CC(CC(C3)C1)C2. The van der Waals surface area contributed by atoms with Crippen LogP contribution in [0.25, 0.3) is 0 Å². The van der Waals surface area contributed by atoms with E-state index in [2.05, 4.69) is 21.8 Å². The zero-order valence-corrected chi connectivity index (χ0v) is 11.9. The molecule has 100 valence electrons. The van der Waals surface area contributed by atoms with E-state index in [4.69, 9.17) is 5.26 Å². The molecule has 0 amide bonds. The van der Waals surface area contributed by atoms with Gasteiger partial charge in [-0.15, -0.1) is 0 Å². The van der Waals surface area contributed by atoms with Crippen LogP contribution >= 0.6 is 11.8 Å². The number of hydrogen-bond acceptors (Lipinski definition) is 3. The van der Waals surface area contributed by atoms with Gasteiger partial charge in [0, 0.05) is 17.9 Å². The van der Waals surface area contributed by atoms with Crippen LogP contribution in [0, 0.1) is 29.1 Å². The van der Waals surface area contributed by atoms with Gasteiger partial charge in [-0.05, 0) is 56.3 Å². The highest BCUT2D eigenvalue weighted by molar-refractivity contribution is 7.99. The first-order valence-electron chi connectivity index (χ1n) is 7.33. The largest absolute Gasteiger partial charge is 0.320 e. The summed E-state index contributed by atoms with van der Waals surface area (Å²) in [6.07, 6.45) is 12.5. The molecule has 0 aromatic carbocycles. The molecule has 4 heteroatoms. The minimum absolute atomic E-state index is 0.336. The predicted octanol–water partition coefficient (Wildman–Crippen LogP) is 3.42. The summed E-state index contributed by atoms with van der Waals surface area (Å²) in [7, 11) is 0. The molecule has 1 aromatic heterocycles. The standard InChI is InChI=1S/C15H19N3S/c16-1-4-19-14-17-2-3-18(14)15-8-11-5-12(9-15)7-13(6-11)10-15/h2-3,11-13H,4-10H2. The van der Waals surface area contributed by atoms with Gasteiger partial charge in [-0.3, -0.25) is 0 Å². The van der Waals surface area contributed by atoms with E-state index in [9.17, 15) is 0 Å². The van der Waals surface area contributed by atoms with Crippen LogP contribution in [0.4, 0.5) is 0 Å². The average molecular weight is 273 g/mol. The summed E-state index contributed by atoms with van der Waals surface area (Å²) in [6.45, 7) is 0. The molecule has 3 nitrogen and oxygen atoms in total. The molecule has 1 aromatic rings. The first kappa shape index (κ1) is 11.8. The molecule has 4 bridgehead atoms. The highest BCUT2D eigenvalue weighted by atomic mass is 32.2. The highest BCUT2D eigenvalue weighted by Gasteiger charge is 2.52. The minimum atomic E-state index is 0.336. The van der Waals surface area contributed by atoms with Crippen molar-refractivity contribution < 1.29 is 0 Å². The lowest BCUT2D eigenvalue weighted by molar-refractivity contribution is -0.0473. The van der Waals surface area contributed by atoms with Gasteiger partial charge < -0.3 is 4.57 Å². The zero-order chi connectivity index (χ0) is 12.9. The fourth-order valence-corrected chi connectivity index (χ4v) is 5.94. The second-order valence-corrected chi connectivity index (χ2v) is 7.61. The van der Waals surface area contributed by atoms with Crippen molar-refractivity contribution in [1.82, 2.24) is 9.55 Å². The fourth-order valence-electron chi connectivity index (χ4n) is 5.21. The number of hydrogen-bond donors (Lipinski definition) is 0. The first-order valence-corrected chi connectivity index (χ1v) is 8.31. The zero-order valence-electron chi connectivity index (χ0n) is 11.1. The maximum Gasteiger partial charge on any atom is 0.169 e. The lowest BCUT2D eigenvalue weighted by Gasteiger charge is -2.57. The van der Waals surface area contributed by atoms with Gasteiger partial charge >= 0.3 is 0 Å². The molecule has 4 aliphatic carbocycles. The van der Waals surface area contributed by atoms with Gasteiger partial charge in [0.25, 0.3) is 0 Å². The second kappa shape index (κ2) is 4.28. The summed E-state index contributed by atoms with van der Waals surface area (Å²) in [5.74, 6) is 3.34. The van der Waals surface area contributed by atoms with Crippen LogP contribution in [0.2, 0.25) is 0 Å². The second-order valence-electron chi connectivity index (χ2n) is 6.67. The molecular weight excluding hydrogens is 254 g/mol. The number of aromatic nitrogens is 2. The third kappa shape index (κ3) is 1.82. The third-order valence-electron chi connectivity index (χ3n) is 5.39. The number of thioether (sulfide) groups is 1. The van der Waals surface area contributed by atoms with Crippen LogP contribution in [0.5, 0.6) is 0 Å². The van der Waals surface area contributed by atoms with Gasteiger partial charge in [0.2, 0.25) is 0 Å². The molecule has 0 atom stereocenters. The molecule has 5 rings (SSSR count). The van der Waals surface area contributed by atoms with Gasteiger partial charge in [-0.1, -0.05) is 11.8 Å². The van der Waals surface area contributed by atoms with Crippen molar-refractivity contribution in [2.75, 3.05) is 5.75 Å². The van der Waals surface area contributed by atoms with E-state index in [-0.39, 0.29) is 0 Å². The average Bonchev–Trinajstić information content (AvgIpc) is 2.83. The molecule has 4 saturated carbocycles. The maximum atomic E-state index is 8.78. The number of nitriles is 1. The summed E-state index contributed by atoms with van der Waals surface area (Å²) in [5, 5.41) is 9.84. The molecule has 0 unspecified atom stereocenters. The fraction of sp³-hybridized carbons (Fsp3) is 0.733. The van der Waals surface area contributed by atoms with E-state index >= 15 is 0 Å². The lowest BCUT2D eigenvalue weighted by atomic mass is 9.53. The summed E-state index contributed by atoms with van der Waals surface area (Å²) >= 11 is 1.59. The minimum Gasteiger partial charge on any atom is -0.320 e.